The number of nitrogens with one attached hydrogen (secondary N) is 1. The van der Waals surface area contributed by atoms with Crippen molar-refractivity contribution in [1.29, 1.82) is 0 Å². The number of fused-ring (bicyclic) bond motifs is 1. The molecular weight excluding hydrogens is 260 g/mol. The third-order valence-electron chi connectivity index (χ3n) is 4.00. The Labute approximate surface area is 125 Å². The van der Waals surface area contributed by atoms with E-state index in [4.69, 9.17) is 4.74 Å². The molecule has 0 aliphatic heterocycles. The lowest BCUT2D eigenvalue weighted by Gasteiger charge is -2.06. The van der Waals surface area contributed by atoms with Crippen LogP contribution in [-0.4, -0.2) is 9.97 Å². The van der Waals surface area contributed by atoms with Crippen molar-refractivity contribution < 1.29 is 4.74 Å². The van der Waals surface area contributed by atoms with E-state index in [1.165, 1.54) is 22.3 Å². The minimum Gasteiger partial charge on any atom is -0.486 e. The first-order chi connectivity index (χ1) is 10.0. The Bertz CT molecular complexity index is 763. The van der Waals surface area contributed by atoms with Crippen LogP contribution in [0.5, 0.6) is 5.75 Å². The Balaban J connectivity index is 1.80. The number of aryl methyl sites for hydroxylation is 4. The number of imidazole rings is 1. The zero-order valence-electron chi connectivity index (χ0n) is 12.9. The lowest BCUT2D eigenvalue weighted by molar-refractivity contribution is 0.297. The summed E-state index contributed by atoms with van der Waals surface area (Å²) in [5.74, 6) is 1.74. The topological polar surface area (TPSA) is 37.9 Å². The fourth-order valence-corrected chi connectivity index (χ4v) is 2.35. The molecule has 0 radical (unpaired) electrons. The molecule has 0 spiro atoms. The molecule has 3 nitrogen and oxygen atoms in total. The maximum Gasteiger partial charge on any atom is 0.146 e. The molecule has 0 bridgehead atoms. The normalized spacial score (nSPS) is 11.0. The molecule has 21 heavy (non-hydrogen) atoms. The summed E-state index contributed by atoms with van der Waals surface area (Å²) < 4.78 is 5.82. The van der Waals surface area contributed by atoms with E-state index >= 15 is 0 Å². The van der Waals surface area contributed by atoms with Gasteiger partial charge in [-0.25, -0.2) is 4.98 Å². The van der Waals surface area contributed by atoms with E-state index in [0.717, 1.165) is 22.6 Å². The van der Waals surface area contributed by atoms with Crippen LogP contribution in [-0.2, 0) is 6.61 Å². The summed E-state index contributed by atoms with van der Waals surface area (Å²) in [5.41, 5.74) is 7.11. The Morgan fingerprint density at radius 3 is 2.38 bits per heavy atom. The summed E-state index contributed by atoms with van der Waals surface area (Å²) in [6, 6.07) is 10.4. The van der Waals surface area contributed by atoms with Gasteiger partial charge in [-0.1, -0.05) is 6.07 Å². The molecule has 3 heteroatoms. The molecule has 0 saturated carbocycles. The lowest BCUT2D eigenvalue weighted by Crippen LogP contribution is -1.97. The first kappa shape index (κ1) is 13.7. The van der Waals surface area contributed by atoms with Crippen molar-refractivity contribution in [2.24, 2.45) is 0 Å². The molecule has 0 unspecified atom stereocenters. The van der Waals surface area contributed by atoms with Crippen LogP contribution in [0.2, 0.25) is 0 Å². The largest absolute Gasteiger partial charge is 0.486 e. The average molecular weight is 280 g/mol. The SMILES string of the molecule is Cc1ccc(OCc2nc3cc(C)c(C)cc3[nH]2)cc1C. The highest BCUT2D eigenvalue weighted by Crippen LogP contribution is 2.20. The predicted octanol–water partition coefficient (Wildman–Crippen LogP) is 4.38. The number of aromatic nitrogens is 2. The average Bonchev–Trinajstić information content (AvgIpc) is 2.82. The van der Waals surface area contributed by atoms with Crippen LogP contribution >= 0.6 is 0 Å². The maximum absolute atomic E-state index is 5.82. The quantitative estimate of drug-likeness (QED) is 0.773. The molecule has 2 aromatic carbocycles. The Morgan fingerprint density at radius 2 is 1.62 bits per heavy atom. The van der Waals surface area contributed by atoms with Crippen LogP contribution < -0.4 is 4.74 Å². The standard InChI is InChI=1S/C18H20N2O/c1-11-5-6-15(7-12(11)2)21-10-18-19-16-8-13(3)14(4)9-17(16)20-18/h5-9H,10H2,1-4H3,(H,19,20). The molecule has 0 atom stereocenters. The van der Waals surface area contributed by atoms with Gasteiger partial charge in [-0.15, -0.1) is 0 Å². The van der Waals surface area contributed by atoms with Crippen molar-refractivity contribution in [3.05, 3.63) is 58.4 Å². The zero-order chi connectivity index (χ0) is 15.0. The number of benzene rings is 2. The van der Waals surface area contributed by atoms with Crippen LogP contribution in [0.3, 0.4) is 0 Å². The molecule has 108 valence electrons. The van der Waals surface area contributed by atoms with E-state index in [2.05, 4.69) is 61.9 Å². The number of ether oxygens (including phenoxy) is 1. The van der Waals surface area contributed by atoms with Crippen LogP contribution in [0, 0.1) is 27.7 Å². The lowest BCUT2D eigenvalue weighted by atomic mass is 10.1. The molecule has 1 N–H and O–H groups in total. The fraction of sp³-hybridized carbons (Fsp3) is 0.278. The van der Waals surface area contributed by atoms with Gasteiger partial charge in [0, 0.05) is 0 Å². The second-order valence-corrected chi connectivity index (χ2v) is 5.67. The first-order valence-electron chi connectivity index (χ1n) is 7.19. The summed E-state index contributed by atoms with van der Waals surface area (Å²) in [6.45, 7) is 8.86. The summed E-state index contributed by atoms with van der Waals surface area (Å²) in [7, 11) is 0. The molecule has 0 aliphatic rings. The highest BCUT2D eigenvalue weighted by Gasteiger charge is 2.06. The number of aromatic amines is 1. The number of hydrogen-bond donors (Lipinski definition) is 1. The smallest absolute Gasteiger partial charge is 0.146 e. The van der Waals surface area contributed by atoms with Crippen molar-refractivity contribution >= 4 is 11.0 Å². The van der Waals surface area contributed by atoms with Crippen LogP contribution in [0.1, 0.15) is 28.1 Å². The van der Waals surface area contributed by atoms with Gasteiger partial charge in [-0.05, 0) is 74.2 Å². The molecule has 0 saturated heterocycles. The third kappa shape index (κ3) is 2.77. The number of nitrogens with zero attached hydrogens (tertiary/aromatic N) is 1. The first-order valence-corrected chi connectivity index (χ1v) is 7.19. The van der Waals surface area contributed by atoms with E-state index in [1.807, 2.05) is 6.07 Å². The third-order valence-corrected chi connectivity index (χ3v) is 4.00. The molecule has 1 heterocycles. The van der Waals surface area contributed by atoms with Crippen molar-refractivity contribution in [3.8, 4) is 5.75 Å². The zero-order valence-corrected chi connectivity index (χ0v) is 12.9. The minimum atomic E-state index is 0.454. The highest BCUT2D eigenvalue weighted by molar-refractivity contribution is 5.77. The van der Waals surface area contributed by atoms with E-state index in [-0.39, 0.29) is 0 Å². The van der Waals surface area contributed by atoms with Crippen molar-refractivity contribution in [3.63, 3.8) is 0 Å². The van der Waals surface area contributed by atoms with E-state index in [0.29, 0.717) is 6.61 Å². The van der Waals surface area contributed by atoms with Gasteiger partial charge in [0.15, 0.2) is 0 Å². The summed E-state index contributed by atoms with van der Waals surface area (Å²) >= 11 is 0. The molecular formula is C18H20N2O. The minimum absolute atomic E-state index is 0.454. The van der Waals surface area contributed by atoms with Crippen molar-refractivity contribution in [2.75, 3.05) is 0 Å². The van der Waals surface area contributed by atoms with Crippen LogP contribution in [0.15, 0.2) is 30.3 Å². The van der Waals surface area contributed by atoms with Gasteiger partial charge in [0.1, 0.15) is 18.2 Å². The second-order valence-electron chi connectivity index (χ2n) is 5.67. The maximum atomic E-state index is 5.82. The Morgan fingerprint density at radius 1 is 0.905 bits per heavy atom. The van der Waals surface area contributed by atoms with Gasteiger partial charge in [0.25, 0.3) is 0 Å². The van der Waals surface area contributed by atoms with E-state index in [1.54, 1.807) is 0 Å². The fourth-order valence-electron chi connectivity index (χ4n) is 2.35. The number of hydrogen-bond acceptors (Lipinski definition) is 2. The van der Waals surface area contributed by atoms with Gasteiger partial charge < -0.3 is 9.72 Å². The summed E-state index contributed by atoms with van der Waals surface area (Å²) in [6.07, 6.45) is 0. The summed E-state index contributed by atoms with van der Waals surface area (Å²) in [4.78, 5) is 7.91. The Kier molecular flexibility index (Phi) is 3.42. The number of H-pyrrole nitrogens is 1. The summed E-state index contributed by atoms with van der Waals surface area (Å²) in [5, 5.41) is 0. The molecule has 0 aliphatic carbocycles. The van der Waals surface area contributed by atoms with E-state index < -0.39 is 0 Å². The predicted molar refractivity (Wildman–Crippen MR) is 85.8 cm³/mol. The van der Waals surface area contributed by atoms with Gasteiger partial charge in [0.2, 0.25) is 0 Å². The molecule has 3 aromatic rings. The van der Waals surface area contributed by atoms with Crippen molar-refractivity contribution in [1.82, 2.24) is 9.97 Å². The monoisotopic (exact) mass is 280 g/mol. The highest BCUT2D eigenvalue weighted by atomic mass is 16.5. The van der Waals surface area contributed by atoms with Gasteiger partial charge in [-0.2, -0.15) is 0 Å². The molecule has 1 aromatic heterocycles. The second kappa shape index (κ2) is 5.24. The Hall–Kier alpha value is -2.29. The van der Waals surface area contributed by atoms with Crippen LogP contribution in [0.4, 0.5) is 0 Å². The van der Waals surface area contributed by atoms with Gasteiger partial charge in [-0.3, -0.25) is 0 Å². The van der Waals surface area contributed by atoms with Gasteiger partial charge in [0.05, 0.1) is 11.0 Å². The molecule has 3 rings (SSSR count). The van der Waals surface area contributed by atoms with E-state index in [9.17, 15) is 0 Å². The van der Waals surface area contributed by atoms with Gasteiger partial charge >= 0.3 is 0 Å². The number of rotatable bonds is 3. The molecule has 0 amide bonds. The van der Waals surface area contributed by atoms with Crippen molar-refractivity contribution in [2.45, 2.75) is 34.3 Å². The van der Waals surface area contributed by atoms with Crippen LogP contribution in [0.25, 0.3) is 11.0 Å². The molecule has 0 fully saturated rings.